The van der Waals surface area contributed by atoms with Gasteiger partial charge in [0.25, 0.3) is 0 Å². The second-order valence-corrected chi connectivity index (χ2v) is 4.85. The van der Waals surface area contributed by atoms with Gasteiger partial charge in [0.05, 0.1) is 24.0 Å². The lowest BCUT2D eigenvalue weighted by atomic mass is 10.1. The third-order valence-corrected chi connectivity index (χ3v) is 3.29. The summed E-state index contributed by atoms with van der Waals surface area (Å²) in [4.78, 5) is 25.6. The van der Waals surface area contributed by atoms with Gasteiger partial charge in [-0.2, -0.15) is 0 Å². The molecular weight excluding hydrogens is 292 g/mol. The fraction of sp³-hybridized carbons (Fsp3) is 0.0588. The van der Waals surface area contributed by atoms with Crippen LogP contribution in [0.5, 0.6) is 0 Å². The first-order valence-corrected chi connectivity index (χ1v) is 7.01. The van der Waals surface area contributed by atoms with E-state index in [1.165, 1.54) is 0 Å². The molecule has 6 nitrogen and oxygen atoms in total. The lowest BCUT2D eigenvalue weighted by Crippen LogP contribution is -2.19. The predicted molar refractivity (Wildman–Crippen MR) is 85.5 cm³/mol. The molecule has 1 N–H and O–H groups in total. The van der Waals surface area contributed by atoms with Crippen LogP contribution in [0.25, 0.3) is 0 Å². The van der Waals surface area contributed by atoms with E-state index in [-0.39, 0.29) is 5.56 Å². The number of aromatic carboxylic acids is 1. The zero-order valence-electron chi connectivity index (χ0n) is 12.2. The van der Waals surface area contributed by atoms with Gasteiger partial charge in [0.1, 0.15) is 0 Å². The molecule has 2 heterocycles. The molecule has 23 heavy (non-hydrogen) atoms. The van der Waals surface area contributed by atoms with E-state index in [1.54, 1.807) is 55.1 Å². The van der Waals surface area contributed by atoms with Gasteiger partial charge in [-0.15, -0.1) is 0 Å². The minimum Gasteiger partial charge on any atom is -0.478 e. The summed E-state index contributed by atoms with van der Waals surface area (Å²) in [5.74, 6) is -0.380. The Morgan fingerprint density at radius 3 is 2.35 bits per heavy atom. The van der Waals surface area contributed by atoms with Gasteiger partial charge in [0.2, 0.25) is 5.95 Å². The van der Waals surface area contributed by atoms with E-state index in [4.69, 9.17) is 5.11 Å². The first-order valence-electron chi connectivity index (χ1n) is 7.01. The van der Waals surface area contributed by atoms with Gasteiger partial charge in [0.15, 0.2) is 0 Å². The number of pyridine rings is 1. The number of carboxylic acids is 1. The summed E-state index contributed by atoms with van der Waals surface area (Å²) in [5, 5.41) is 8.97. The van der Waals surface area contributed by atoms with Crippen LogP contribution in [0.3, 0.4) is 0 Å². The number of carbonyl (C=O) groups is 1. The van der Waals surface area contributed by atoms with Gasteiger partial charge in [-0.1, -0.05) is 12.1 Å². The van der Waals surface area contributed by atoms with Gasteiger partial charge in [-0.05, 0) is 35.9 Å². The van der Waals surface area contributed by atoms with E-state index < -0.39 is 5.97 Å². The summed E-state index contributed by atoms with van der Waals surface area (Å²) in [5.41, 5.74) is 2.07. The summed E-state index contributed by atoms with van der Waals surface area (Å²) < 4.78 is 0. The SMILES string of the molecule is O=C(O)c1ccc(CN(c2cccnc2)c2ncccn2)cc1. The zero-order chi connectivity index (χ0) is 16.1. The highest BCUT2D eigenvalue weighted by atomic mass is 16.4. The van der Waals surface area contributed by atoms with Crippen molar-refractivity contribution < 1.29 is 9.90 Å². The number of hydrogen-bond donors (Lipinski definition) is 1. The van der Waals surface area contributed by atoms with Crippen molar-refractivity contribution in [3.63, 3.8) is 0 Å². The van der Waals surface area contributed by atoms with E-state index in [0.29, 0.717) is 12.5 Å². The van der Waals surface area contributed by atoms with E-state index in [9.17, 15) is 4.79 Å². The van der Waals surface area contributed by atoms with Gasteiger partial charge in [-0.3, -0.25) is 4.98 Å². The molecule has 0 amide bonds. The number of carboxylic acid groups (broad SMARTS) is 1. The largest absolute Gasteiger partial charge is 0.478 e. The highest BCUT2D eigenvalue weighted by Crippen LogP contribution is 2.23. The number of rotatable bonds is 5. The molecule has 0 aliphatic carbocycles. The Balaban J connectivity index is 1.92. The molecule has 114 valence electrons. The topological polar surface area (TPSA) is 79.2 Å². The van der Waals surface area contributed by atoms with E-state index in [2.05, 4.69) is 15.0 Å². The molecular formula is C17H14N4O2. The number of anilines is 2. The molecule has 0 saturated carbocycles. The summed E-state index contributed by atoms with van der Waals surface area (Å²) in [6, 6.07) is 12.3. The van der Waals surface area contributed by atoms with Crippen molar-refractivity contribution in [1.82, 2.24) is 15.0 Å². The molecule has 0 fully saturated rings. The maximum atomic E-state index is 10.9. The van der Waals surface area contributed by atoms with Crippen molar-refractivity contribution in [3.8, 4) is 0 Å². The second-order valence-electron chi connectivity index (χ2n) is 4.85. The Hall–Kier alpha value is -3.28. The third kappa shape index (κ3) is 3.49. The Bertz CT molecular complexity index is 737. The molecule has 0 saturated heterocycles. The van der Waals surface area contributed by atoms with Crippen LogP contribution in [-0.4, -0.2) is 26.0 Å². The maximum absolute atomic E-state index is 10.9. The average Bonchev–Trinajstić information content (AvgIpc) is 2.61. The summed E-state index contributed by atoms with van der Waals surface area (Å²) in [6.07, 6.45) is 6.80. The summed E-state index contributed by atoms with van der Waals surface area (Å²) >= 11 is 0. The Kier molecular flexibility index (Phi) is 4.24. The van der Waals surface area contributed by atoms with Crippen molar-refractivity contribution >= 4 is 17.6 Å². The number of nitrogens with zero attached hydrogens (tertiary/aromatic N) is 4. The highest BCUT2D eigenvalue weighted by Gasteiger charge is 2.13. The fourth-order valence-electron chi connectivity index (χ4n) is 2.16. The van der Waals surface area contributed by atoms with E-state index in [1.807, 2.05) is 17.0 Å². The third-order valence-electron chi connectivity index (χ3n) is 3.29. The quantitative estimate of drug-likeness (QED) is 0.780. The van der Waals surface area contributed by atoms with Crippen LogP contribution in [0.4, 0.5) is 11.6 Å². The van der Waals surface area contributed by atoms with Crippen molar-refractivity contribution in [1.29, 1.82) is 0 Å². The normalized spacial score (nSPS) is 10.3. The first kappa shape index (κ1) is 14.6. The average molecular weight is 306 g/mol. The van der Waals surface area contributed by atoms with Crippen molar-refractivity contribution in [2.24, 2.45) is 0 Å². The standard InChI is InChI=1S/C17H14N4O2/c22-16(23)14-6-4-13(5-7-14)12-21(15-3-1-8-18-11-15)17-19-9-2-10-20-17/h1-11H,12H2,(H,22,23). The zero-order valence-corrected chi connectivity index (χ0v) is 12.2. The van der Waals surface area contributed by atoms with Gasteiger partial charge in [0, 0.05) is 18.6 Å². The van der Waals surface area contributed by atoms with E-state index in [0.717, 1.165) is 11.3 Å². The van der Waals surface area contributed by atoms with Crippen LogP contribution >= 0.6 is 0 Å². The van der Waals surface area contributed by atoms with Crippen molar-refractivity contribution in [2.45, 2.75) is 6.54 Å². The van der Waals surface area contributed by atoms with Gasteiger partial charge in [-0.25, -0.2) is 14.8 Å². The smallest absolute Gasteiger partial charge is 0.335 e. The highest BCUT2D eigenvalue weighted by molar-refractivity contribution is 5.87. The molecule has 0 spiro atoms. The van der Waals surface area contributed by atoms with Crippen LogP contribution in [-0.2, 0) is 6.54 Å². The van der Waals surface area contributed by atoms with Crippen LogP contribution < -0.4 is 4.90 Å². The lowest BCUT2D eigenvalue weighted by Gasteiger charge is -2.22. The molecule has 1 aromatic carbocycles. The van der Waals surface area contributed by atoms with Gasteiger partial charge < -0.3 is 10.0 Å². The monoisotopic (exact) mass is 306 g/mol. The maximum Gasteiger partial charge on any atom is 0.335 e. The number of hydrogen-bond acceptors (Lipinski definition) is 5. The van der Waals surface area contributed by atoms with Crippen molar-refractivity contribution in [2.75, 3.05) is 4.90 Å². The molecule has 3 rings (SSSR count). The molecule has 0 atom stereocenters. The second kappa shape index (κ2) is 6.65. The molecule has 0 radical (unpaired) electrons. The molecule has 6 heteroatoms. The minimum atomic E-state index is -0.938. The van der Waals surface area contributed by atoms with Crippen LogP contribution in [0.1, 0.15) is 15.9 Å². The van der Waals surface area contributed by atoms with Crippen LogP contribution in [0, 0.1) is 0 Å². The molecule has 0 aliphatic rings. The summed E-state index contributed by atoms with van der Waals surface area (Å²) in [6.45, 7) is 0.510. The van der Waals surface area contributed by atoms with E-state index >= 15 is 0 Å². The fourth-order valence-corrected chi connectivity index (χ4v) is 2.16. The Labute approximate surface area is 133 Å². The Morgan fingerprint density at radius 2 is 1.74 bits per heavy atom. The number of aromatic nitrogens is 3. The predicted octanol–water partition coefficient (Wildman–Crippen LogP) is 2.91. The molecule has 0 bridgehead atoms. The molecule has 2 aromatic heterocycles. The molecule has 0 unspecified atom stereocenters. The number of benzene rings is 1. The van der Waals surface area contributed by atoms with Crippen molar-refractivity contribution in [3.05, 3.63) is 78.4 Å². The Morgan fingerprint density at radius 1 is 1.00 bits per heavy atom. The summed E-state index contributed by atoms with van der Waals surface area (Å²) in [7, 11) is 0. The van der Waals surface area contributed by atoms with Crippen LogP contribution in [0.15, 0.2) is 67.3 Å². The minimum absolute atomic E-state index is 0.262. The molecule has 3 aromatic rings. The van der Waals surface area contributed by atoms with Gasteiger partial charge >= 0.3 is 5.97 Å². The first-order chi connectivity index (χ1) is 11.2. The lowest BCUT2D eigenvalue weighted by molar-refractivity contribution is 0.0697. The van der Waals surface area contributed by atoms with Crippen LogP contribution in [0.2, 0.25) is 0 Å². The molecule has 0 aliphatic heterocycles.